The molecule has 2 atom stereocenters. The highest BCUT2D eigenvalue weighted by molar-refractivity contribution is 5.68. The standard InChI is InChI=1S/C24H34FN3O5/c1-2-30-17-18(29)14-27(15-19-6-5-11-32-19)16-21-23(20-7-3-4-8-22(20)25)26-33-24(21)28-9-12-31-13-10-28/h3-4,7-8,18-19,29H,2,5-6,9-17H2,1H3/t18-,19-/m1/s1. The second-order valence-electron chi connectivity index (χ2n) is 8.54. The molecule has 0 amide bonds. The Hall–Kier alpha value is -2.04. The van der Waals surface area contributed by atoms with Gasteiger partial charge in [0.05, 0.1) is 37.6 Å². The van der Waals surface area contributed by atoms with E-state index in [1.165, 1.54) is 6.07 Å². The zero-order valence-corrected chi connectivity index (χ0v) is 19.2. The fourth-order valence-electron chi connectivity index (χ4n) is 4.43. The average molecular weight is 464 g/mol. The summed E-state index contributed by atoms with van der Waals surface area (Å²) in [6, 6.07) is 6.60. The zero-order valence-electron chi connectivity index (χ0n) is 19.2. The number of morpholine rings is 1. The normalized spacial score (nSPS) is 20.0. The van der Waals surface area contributed by atoms with Crippen LogP contribution in [0.1, 0.15) is 25.3 Å². The van der Waals surface area contributed by atoms with Gasteiger partial charge < -0.3 is 28.7 Å². The summed E-state index contributed by atoms with van der Waals surface area (Å²) < 4.78 is 37.3. The van der Waals surface area contributed by atoms with Crippen molar-refractivity contribution < 1.29 is 28.2 Å². The van der Waals surface area contributed by atoms with Gasteiger partial charge in [-0.25, -0.2) is 4.39 Å². The van der Waals surface area contributed by atoms with E-state index in [1.807, 2.05) is 6.92 Å². The van der Waals surface area contributed by atoms with Crippen LogP contribution in [-0.4, -0.2) is 86.6 Å². The monoisotopic (exact) mass is 463 g/mol. The molecule has 2 aromatic rings. The number of aliphatic hydroxyl groups is 1. The second kappa shape index (κ2) is 11.9. The quantitative estimate of drug-likeness (QED) is 0.545. The van der Waals surface area contributed by atoms with Gasteiger partial charge in [-0.05, 0) is 31.9 Å². The van der Waals surface area contributed by atoms with Gasteiger partial charge in [0.2, 0.25) is 5.88 Å². The highest BCUT2D eigenvalue weighted by atomic mass is 19.1. The van der Waals surface area contributed by atoms with Gasteiger partial charge in [-0.1, -0.05) is 17.3 Å². The molecule has 0 radical (unpaired) electrons. The van der Waals surface area contributed by atoms with Crippen LogP contribution in [0.2, 0.25) is 0 Å². The molecule has 1 aromatic heterocycles. The molecule has 2 saturated heterocycles. The van der Waals surface area contributed by atoms with Crippen LogP contribution < -0.4 is 4.90 Å². The van der Waals surface area contributed by atoms with Crippen LogP contribution in [0.3, 0.4) is 0 Å². The van der Waals surface area contributed by atoms with Gasteiger partial charge >= 0.3 is 0 Å². The first-order valence-electron chi connectivity index (χ1n) is 11.8. The predicted molar refractivity (Wildman–Crippen MR) is 122 cm³/mol. The highest BCUT2D eigenvalue weighted by Gasteiger charge is 2.29. The predicted octanol–water partition coefficient (Wildman–Crippen LogP) is 2.70. The summed E-state index contributed by atoms with van der Waals surface area (Å²) in [5.74, 6) is 0.288. The first kappa shape index (κ1) is 24.1. The van der Waals surface area contributed by atoms with Crippen LogP contribution in [-0.2, 0) is 20.8 Å². The Morgan fingerprint density at radius 2 is 2.09 bits per heavy atom. The summed E-state index contributed by atoms with van der Waals surface area (Å²) in [4.78, 5) is 4.23. The summed E-state index contributed by atoms with van der Waals surface area (Å²) in [6.07, 6.45) is 1.48. The molecule has 182 valence electrons. The summed E-state index contributed by atoms with van der Waals surface area (Å²) in [5.41, 5.74) is 1.71. The van der Waals surface area contributed by atoms with Crippen molar-refractivity contribution in [1.82, 2.24) is 10.1 Å². The summed E-state index contributed by atoms with van der Waals surface area (Å²) in [7, 11) is 0. The molecular formula is C24H34FN3O5. The van der Waals surface area contributed by atoms with Crippen molar-refractivity contribution in [1.29, 1.82) is 0 Å². The molecular weight excluding hydrogens is 429 g/mol. The van der Waals surface area contributed by atoms with Crippen molar-refractivity contribution in [3.63, 3.8) is 0 Å². The summed E-state index contributed by atoms with van der Waals surface area (Å²) in [6.45, 7) is 7.54. The van der Waals surface area contributed by atoms with Crippen LogP contribution >= 0.6 is 0 Å². The maximum atomic E-state index is 14.7. The van der Waals surface area contributed by atoms with E-state index in [9.17, 15) is 9.50 Å². The fraction of sp³-hybridized carbons (Fsp3) is 0.625. The van der Waals surface area contributed by atoms with Crippen molar-refractivity contribution in [2.75, 3.05) is 64.1 Å². The van der Waals surface area contributed by atoms with E-state index in [4.69, 9.17) is 18.7 Å². The van der Waals surface area contributed by atoms with E-state index in [2.05, 4.69) is 15.0 Å². The molecule has 0 spiro atoms. The molecule has 2 aliphatic heterocycles. The first-order chi connectivity index (χ1) is 16.2. The lowest BCUT2D eigenvalue weighted by atomic mass is 10.1. The molecule has 0 aliphatic carbocycles. The topological polar surface area (TPSA) is 80.4 Å². The Morgan fingerprint density at radius 1 is 1.27 bits per heavy atom. The third-order valence-corrected chi connectivity index (χ3v) is 6.05. The van der Waals surface area contributed by atoms with Crippen molar-refractivity contribution in [2.24, 2.45) is 0 Å². The van der Waals surface area contributed by atoms with Gasteiger partial charge in [-0.15, -0.1) is 0 Å². The number of benzene rings is 1. The first-order valence-corrected chi connectivity index (χ1v) is 11.8. The van der Waals surface area contributed by atoms with Crippen molar-refractivity contribution in [3.8, 4) is 11.3 Å². The Balaban J connectivity index is 1.63. The number of ether oxygens (including phenoxy) is 3. The molecule has 0 unspecified atom stereocenters. The van der Waals surface area contributed by atoms with Crippen LogP contribution in [0.25, 0.3) is 11.3 Å². The van der Waals surface area contributed by atoms with E-state index >= 15 is 0 Å². The van der Waals surface area contributed by atoms with Crippen LogP contribution in [0, 0.1) is 5.82 Å². The Bertz CT molecular complexity index is 868. The number of aliphatic hydroxyl groups excluding tert-OH is 1. The van der Waals surface area contributed by atoms with Crippen molar-refractivity contribution in [2.45, 2.75) is 38.5 Å². The number of anilines is 1. The molecule has 9 heteroatoms. The maximum Gasteiger partial charge on any atom is 0.232 e. The highest BCUT2D eigenvalue weighted by Crippen LogP contribution is 2.34. The number of hydrogen-bond donors (Lipinski definition) is 1. The van der Waals surface area contributed by atoms with E-state index in [-0.39, 0.29) is 18.5 Å². The minimum atomic E-state index is -0.644. The zero-order chi connectivity index (χ0) is 23.0. The molecule has 2 fully saturated rings. The molecule has 2 aliphatic rings. The molecule has 0 bridgehead atoms. The number of aromatic nitrogens is 1. The number of hydrogen-bond acceptors (Lipinski definition) is 8. The molecule has 33 heavy (non-hydrogen) atoms. The number of nitrogens with zero attached hydrogens (tertiary/aromatic N) is 3. The lowest BCUT2D eigenvalue weighted by molar-refractivity contribution is 0.00517. The van der Waals surface area contributed by atoms with E-state index in [0.29, 0.717) is 69.7 Å². The van der Waals surface area contributed by atoms with Crippen LogP contribution in [0.4, 0.5) is 10.3 Å². The van der Waals surface area contributed by atoms with Crippen molar-refractivity contribution in [3.05, 3.63) is 35.6 Å². The van der Waals surface area contributed by atoms with Crippen molar-refractivity contribution >= 4 is 5.88 Å². The summed E-state index contributed by atoms with van der Waals surface area (Å²) >= 11 is 0. The molecule has 0 saturated carbocycles. The minimum absolute atomic E-state index is 0.105. The van der Waals surface area contributed by atoms with Gasteiger partial charge in [0, 0.05) is 51.5 Å². The van der Waals surface area contributed by atoms with E-state index in [0.717, 1.165) is 25.0 Å². The van der Waals surface area contributed by atoms with Gasteiger partial charge in [0.15, 0.2) is 0 Å². The Labute approximate surface area is 194 Å². The molecule has 1 N–H and O–H groups in total. The SMILES string of the molecule is CCOC[C@H](O)CN(Cc1c(-c2ccccc2F)noc1N1CCOCC1)C[C@H]1CCCO1. The smallest absolute Gasteiger partial charge is 0.232 e. The molecule has 8 nitrogen and oxygen atoms in total. The molecule has 4 rings (SSSR count). The van der Waals surface area contributed by atoms with Gasteiger partial charge in [-0.3, -0.25) is 4.90 Å². The van der Waals surface area contributed by atoms with E-state index in [1.54, 1.807) is 18.2 Å². The minimum Gasteiger partial charge on any atom is -0.389 e. The maximum absolute atomic E-state index is 14.7. The van der Waals surface area contributed by atoms with Gasteiger partial charge in [0.1, 0.15) is 11.5 Å². The van der Waals surface area contributed by atoms with Crippen LogP contribution in [0.5, 0.6) is 0 Å². The third-order valence-electron chi connectivity index (χ3n) is 6.05. The Kier molecular flexibility index (Phi) is 8.69. The number of rotatable bonds is 11. The molecule has 3 heterocycles. The van der Waals surface area contributed by atoms with Crippen LogP contribution in [0.15, 0.2) is 28.8 Å². The fourth-order valence-corrected chi connectivity index (χ4v) is 4.43. The lowest BCUT2D eigenvalue weighted by Crippen LogP contribution is -2.40. The van der Waals surface area contributed by atoms with Gasteiger partial charge in [-0.2, -0.15) is 0 Å². The van der Waals surface area contributed by atoms with E-state index < -0.39 is 6.10 Å². The summed E-state index contributed by atoms with van der Waals surface area (Å²) in [5, 5.41) is 14.9. The number of halogens is 1. The Morgan fingerprint density at radius 3 is 2.82 bits per heavy atom. The second-order valence-corrected chi connectivity index (χ2v) is 8.54. The lowest BCUT2D eigenvalue weighted by Gasteiger charge is -2.30. The average Bonchev–Trinajstić information content (AvgIpc) is 3.49. The molecule has 1 aromatic carbocycles. The third kappa shape index (κ3) is 6.30. The largest absolute Gasteiger partial charge is 0.389 e. The van der Waals surface area contributed by atoms with Gasteiger partial charge in [0.25, 0.3) is 0 Å².